The van der Waals surface area contributed by atoms with Crippen LogP contribution in [0.4, 0.5) is 5.69 Å². The number of nitro benzene ring substituents is 1. The Balaban J connectivity index is 2.63. The molecule has 1 amide bonds. The predicted octanol–water partition coefficient (Wildman–Crippen LogP) is 3.57. The Labute approximate surface area is 163 Å². The molecule has 28 heavy (non-hydrogen) atoms. The molecule has 2 rings (SSSR count). The third-order valence-electron chi connectivity index (χ3n) is 4.66. The van der Waals surface area contributed by atoms with Crippen LogP contribution in [0, 0.1) is 10.1 Å². The first-order valence-electron chi connectivity index (χ1n) is 9.34. The number of non-ortho nitro benzene ring substituents is 1. The highest BCUT2D eigenvalue weighted by molar-refractivity contribution is 5.92. The summed E-state index contributed by atoms with van der Waals surface area (Å²) in [6.07, 6.45) is 2.03. The molecular weight excluding hydrogens is 362 g/mol. The normalized spacial score (nSPS) is 16.6. The van der Waals surface area contributed by atoms with Crippen molar-refractivity contribution in [3.05, 3.63) is 62.6 Å². The van der Waals surface area contributed by atoms with Crippen LogP contribution >= 0.6 is 0 Å². The number of allylic oxidation sites excluding steroid dienone is 3. The standard InChI is InChI=1S/C20H25N3O5/c1-4-7-16(24)22-19-15(6-3)21-14(5-2)18(20(25)26)17(19)12-8-10-13(11-9-12)23(27)28/h8-11,17,21H,4-7H2,1-3H3,(H,22,24)(H,25,26). The number of benzene rings is 1. The predicted molar refractivity (Wildman–Crippen MR) is 104 cm³/mol. The summed E-state index contributed by atoms with van der Waals surface area (Å²) in [4.78, 5) is 34.8. The zero-order valence-electron chi connectivity index (χ0n) is 16.2. The number of hydrogen-bond donors (Lipinski definition) is 3. The molecule has 0 aromatic heterocycles. The van der Waals surface area contributed by atoms with Crippen molar-refractivity contribution in [2.75, 3.05) is 0 Å². The minimum absolute atomic E-state index is 0.0782. The van der Waals surface area contributed by atoms with Crippen LogP contribution < -0.4 is 10.6 Å². The molecule has 1 heterocycles. The second kappa shape index (κ2) is 9.16. The van der Waals surface area contributed by atoms with Crippen LogP contribution in [0.3, 0.4) is 0 Å². The number of amides is 1. The van der Waals surface area contributed by atoms with Gasteiger partial charge in [0.2, 0.25) is 5.91 Å². The Bertz CT molecular complexity index is 840. The Hall–Kier alpha value is -3.16. The minimum Gasteiger partial charge on any atom is -0.478 e. The van der Waals surface area contributed by atoms with Crippen molar-refractivity contribution in [3.63, 3.8) is 0 Å². The van der Waals surface area contributed by atoms with E-state index in [1.54, 1.807) is 12.1 Å². The molecule has 0 bridgehead atoms. The molecule has 0 saturated heterocycles. The van der Waals surface area contributed by atoms with Gasteiger partial charge in [0, 0.05) is 35.6 Å². The van der Waals surface area contributed by atoms with E-state index in [0.717, 1.165) is 5.70 Å². The second-order valence-corrected chi connectivity index (χ2v) is 6.50. The van der Waals surface area contributed by atoms with Crippen molar-refractivity contribution in [2.45, 2.75) is 52.4 Å². The van der Waals surface area contributed by atoms with Gasteiger partial charge in [0.05, 0.1) is 16.4 Å². The number of aliphatic carboxylic acids is 1. The van der Waals surface area contributed by atoms with E-state index < -0.39 is 16.8 Å². The maximum Gasteiger partial charge on any atom is 0.334 e. The molecule has 1 aromatic rings. The number of carbonyl (C=O) groups is 2. The first-order chi connectivity index (χ1) is 13.3. The van der Waals surface area contributed by atoms with Gasteiger partial charge >= 0.3 is 5.97 Å². The van der Waals surface area contributed by atoms with Crippen molar-refractivity contribution < 1.29 is 19.6 Å². The summed E-state index contributed by atoms with van der Waals surface area (Å²) in [5.41, 5.74) is 2.44. The van der Waals surface area contributed by atoms with Gasteiger partial charge in [-0.15, -0.1) is 0 Å². The number of carboxylic acid groups (broad SMARTS) is 1. The number of hydrogen-bond acceptors (Lipinski definition) is 5. The highest BCUT2D eigenvalue weighted by atomic mass is 16.6. The van der Waals surface area contributed by atoms with Crippen molar-refractivity contribution >= 4 is 17.6 Å². The van der Waals surface area contributed by atoms with Gasteiger partial charge in [0.25, 0.3) is 5.69 Å². The Morgan fingerprint density at radius 2 is 1.75 bits per heavy atom. The van der Waals surface area contributed by atoms with Crippen LogP contribution in [0.5, 0.6) is 0 Å². The SMILES string of the molecule is CCCC(=O)NC1=C(CC)NC(CC)=C(C(=O)O)C1c1ccc([N+](=O)[O-])cc1. The zero-order valence-corrected chi connectivity index (χ0v) is 16.2. The average molecular weight is 387 g/mol. The highest BCUT2D eigenvalue weighted by Gasteiger charge is 2.35. The number of carbonyl (C=O) groups excluding carboxylic acids is 1. The Kier molecular flexibility index (Phi) is 6.92. The topological polar surface area (TPSA) is 122 Å². The molecule has 0 spiro atoms. The van der Waals surface area contributed by atoms with Gasteiger partial charge in [-0.05, 0) is 24.8 Å². The van der Waals surface area contributed by atoms with E-state index in [0.29, 0.717) is 42.6 Å². The molecule has 8 nitrogen and oxygen atoms in total. The Morgan fingerprint density at radius 1 is 1.14 bits per heavy atom. The lowest BCUT2D eigenvalue weighted by molar-refractivity contribution is -0.384. The minimum atomic E-state index is -1.09. The maximum absolute atomic E-state index is 12.3. The zero-order chi connectivity index (χ0) is 20.8. The van der Waals surface area contributed by atoms with E-state index in [1.165, 1.54) is 12.1 Å². The van der Waals surface area contributed by atoms with E-state index in [1.807, 2.05) is 20.8 Å². The van der Waals surface area contributed by atoms with Gasteiger partial charge in [-0.2, -0.15) is 0 Å². The van der Waals surface area contributed by atoms with Crippen LogP contribution in [0.25, 0.3) is 0 Å². The highest BCUT2D eigenvalue weighted by Crippen LogP contribution is 2.38. The fourth-order valence-corrected chi connectivity index (χ4v) is 3.33. The van der Waals surface area contributed by atoms with E-state index in [9.17, 15) is 24.8 Å². The van der Waals surface area contributed by atoms with E-state index in [2.05, 4.69) is 10.6 Å². The second-order valence-electron chi connectivity index (χ2n) is 6.50. The third kappa shape index (κ3) is 4.39. The Morgan fingerprint density at radius 3 is 2.21 bits per heavy atom. The first kappa shape index (κ1) is 21.1. The van der Waals surface area contributed by atoms with E-state index >= 15 is 0 Å². The number of carboxylic acids is 1. The molecule has 0 radical (unpaired) electrons. The summed E-state index contributed by atoms with van der Waals surface area (Å²) in [7, 11) is 0. The fraction of sp³-hybridized carbons (Fsp3) is 0.400. The number of nitrogens with zero attached hydrogens (tertiary/aromatic N) is 1. The molecule has 0 fully saturated rings. The summed E-state index contributed by atoms with van der Waals surface area (Å²) >= 11 is 0. The largest absolute Gasteiger partial charge is 0.478 e. The third-order valence-corrected chi connectivity index (χ3v) is 4.66. The van der Waals surface area contributed by atoms with Crippen LogP contribution in [0.2, 0.25) is 0 Å². The summed E-state index contributed by atoms with van der Waals surface area (Å²) in [6.45, 7) is 5.66. The summed E-state index contributed by atoms with van der Waals surface area (Å²) in [5.74, 6) is -2.00. The smallest absolute Gasteiger partial charge is 0.334 e. The molecule has 1 atom stereocenters. The lowest BCUT2D eigenvalue weighted by Gasteiger charge is -2.32. The molecule has 1 aliphatic rings. The average Bonchev–Trinajstić information content (AvgIpc) is 2.67. The monoisotopic (exact) mass is 387 g/mol. The molecule has 1 aromatic carbocycles. The van der Waals surface area contributed by atoms with Gasteiger partial charge in [0.1, 0.15) is 0 Å². The van der Waals surface area contributed by atoms with Crippen molar-refractivity contribution in [3.8, 4) is 0 Å². The molecule has 8 heteroatoms. The van der Waals surface area contributed by atoms with Crippen molar-refractivity contribution in [2.24, 2.45) is 0 Å². The summed E-state index contributed by atoms with van der Waals surface area (Å²) in [6, 6.07) is 5.78. The molecule has 0 saturated carbocycles. The molecular formula is C20H25N3O5. The molecule has 1 unspecified atom stereocenters. The van der Waals surface area contributed by atoms with Crippen LogP contribution in [-0.4, -0.2) is 21.9 Å². The van der Waals surface area contributed by atoms with Crippen molar-refractivity contribution in [1.82, 2.24) is 10.6 Å². The number of nitro groups is 1. The molecule has 3 N–H and O–H groups in total. The first-order valence-corrected chi connectivity index (χ1v) is 9.34. The molecule has 150 valence electrons. The number of rotatable bonds is 8. The van der Waals surface area contributed by atoms with Gasteiger partial charge < -0.3 is 15.7 Å². The van der Waals surface area contributed by atoms with Crippen LogP contribution in [0.1, 0.15) is 57.9 Å². The molecule has 0 aliphatic carbocycles. The van der Waals surface area contributed by atoms with Crippen LogP contribution in [0.15, 0.2) is 46.9 Å². The van der Waals surface area contributed by atoms with Gasteiger partial charge in [0.15, 0.2) is 0 Å². The quantitative estimate of drug-likeness (QED) is 0.463. The lowest BCUT2D eigenvalue weighted by atomic mass is 9.82. The lowest BCUT2D eigenvalue weighted by Crippen LogP contribution is -2.37. The number of nitrogens with one attached hydrogen (secondary N) is 2. The fourth-order valence-electron chi connectivity index (χ4n) is 3.33. The van der Waals surface area contributed by atoms with E-state index in [4.69, 9.17) is 0 Å². The molecule has 1 aliphatic heterocycles. The van der Waals surface area contributed by atoms with Gasteiger partial charge in [-0.25, -0.2) is 4.79 Å². The van der Waals surface area contributed by atoms with Crippen LogP contribution in [-0.2, 0) is 9.59 Å². The summed E-state index contributed by atoms with van der Waals surface area (Å²) < 4.78 is 0. The van der Waals surface area contributed by atoms with Gasteiger partial charge in [-0.3, -0.25) is 14.9 Å². The van der Waals surface area contributed by atoms with Gasteiger partial charge in [-0.1, -0.05) is 32.9 Å². The maximum atomic E-state index is 12.3. The number of dihydropyridines is 1. The van der Waals surface area contributed by atoms with E-state index in [-0.39, 0.29) is 17.2 Å². The summed E-state index contributed by atoms with van der Waals surface area (Å²) in [5, 5.41) is 26.9. The van der Waals surface area contributed by atoms with Crippen molar-refractivity contribution in [1.29, 1.82) is 0 Å².